The second kappa shape index (κ2) is 4.74. The molecule has 0 aliphatic carbocycles. The maximum atomic E-state index is 11.0. The van der Waals surface area contributed by atoms with Gasteiger partial charge in [-0.25, -0.2) is 0 Å². The van der Waals surface area contributed by atoms with Gasteiger partial charge >= 0.3 is 5.97 Å². The van der Waals surface area contributed by atoms with E-state index >= 15 is 0 Å². The Kier molecular flexibility index (Phi) is 4.33. The van der Waals surface area contributed by atoms with Crippen LogP contribution < -0.4 is 5.32 Å². The molecule has 1 amide bonds. The molecular formula is C8H15NO3. The summed E-state index contributed by atoms with van der Waals surface area (Å²) in [4.78, 5) is 21.3. The van der Waals surface area contributed by atoms with Gasteiger partial charge in [-0.15, -0.1) is 0 Å². The molecule has 12 heavy (non-hydrogen) atoms. The molecule has 4 heteroatoms. The standard InChI is InChI=1S/C8H15NO3/c1-5(2)7(10)9-4-6(3)8(11)12/h5-6H,4H2,1-3H3,(H,9,10)(H,11,12). The summed E-state index contributed by atoms with van der Waals surface area (Å²) in [7, 11) is 0. The van der Waals surface area contributed by atoms with Crippen molar-refractivity contribution in [3.63, 3.8) is 0 Å². The molecule has 0 aliphatic rings. The van der Waals surface area contributed by atoms with Gasteiger partial charge < -0.3 is 10.4 Å². The number of carbonyl (C=O) groups excluding carboxylic acids is 1. The van der Waals surface area contributed by atoms with Crippen LogP contribution in [0.1, 0.15) is 20.8 Å². The first-order chi connectivity index (χ1) is 5.45. The lowest BCUT2D eigenvalue weighted by atomic mass is 10.1. The molecule has 0 aromatic carbocycles. The summed E-state index contributed by atoms with van der Waals surface area (Å²) in [5.74, 6) is -1.61. The third kappa shape index (κ3) is 3.95. The minimum absolute atomic E-state index is 0.0917. The van der Waals surface area contributed by atoms with Gasteiger partial charge in [-0.05, 0) is 0 Å². The first-order valence-electron chi connectivity index (χ1n) is 3.95. The SMILES string of the molecule is CC(C)C(=O)NCC(C)C(=O)O. The zero-order valence-electron chi connectivity index (χ0n) is 7.63. The molecule has 1 atom stereocenters. The molecule has 0 saturated heterocycles. The van der Waals surface area contributed by atoms with Crippen molar-refractivity contribution < 1.29 is 14.7 Å². The first-order valence-corrected chi connectivity index (χ1v) is 3.95. The summed E-state index contributed by atoms with van der Waals surface area (Å²) in [5.41, 5.74) is 0. The van der Waals surface area contributed by atoms with E-state index in [0.717, 1.165) is 0 Å². The van der Waals surface area contributed by atoms with Crippen LogP contribution in [0.3, 0.4) is 0 Å². The molecule has 0 rings (SSSR count). The zero-order chi connectivity index (χ0) is 9.72. The van der Waals surface area contributed by atoms with E-state index in [2.05, 4.69) is 5.32 Å². The highest BCUT2D eigenvalue weighted by atomic mass is 16.4. The molecule has 0 heterocycles. The van der Waals surface area contributed by atoms with E-state index in [1.807, 2.05) is 0 Å². The fourth-order valence-electron chi connectivity index (χ4n) is 0.545. The van der Waals surface area contributed by atoms with E-state index in [0.29, 0.717) is 0 Å². The Balaban J connectivity index is 3.69. The average Bonchev–Trinajstić information content (AvgIpc) is 1.98. The Morgan fingerprint density at radius 1 is 1.33 bits per heavy atom. The van der Waals surface area contributed by atoms with E-state index in [1.54, 1.807) is 20.8 Å². The van der Waals surface area contributed by atoms with Crippen molar-refractivity contribution in [2.75, 3.05) is 6.54 Å². The minimum atomic E-state index is -0.890. The highest BCUT2D eigenvalue weighted by Crippen LogP contribution is 1.94. The maximum Gasteiger partial charge on any atom is 0.308 e. The van der Waals surface area contributed by atoms with Gasteiger partial charge in [-0.3, -0.25) is 9.59 Å². The van der Waals surface area contributed by atoms with Crippen molar-refractivity contribution in [1.29, 1.82) is 0 Å². The Bertz CT molecular complexity index is 177. The van der Waals surface area contributed by atoms with Crippen LogP contribution in [0.25, 0.3) is 0 Å². The van der Waals surface area contributed by atoms with Gasteiger partial charge in [0.15, 0.2) is 0 Å². The molecule has 0 aromatic rings. The summed E-state index contributed by atoms with van der Waals surface area (Å²) in [6.07, 6.45) is 0. The van der Waals surface area contributed by atoms with E-state index in [1.165, 1.54) is 0 Å². The van der Waals surface area contributed by atoms with Crippen LogP contribution in [-0.2, 0) is 9.59 Å². The van der Waals surface area contributed by atoms with E-state index < -0.39 is 11.9 Å². The summed E-state index contributed by atoms with van der Waals surface area (Å²) >= 11 is 0. The normalized spacial score (nSPS) is 12.7. The number of amides is 1. The number of carboxylic acids is 1. The van der Waals surface area contributed by atoms with Gasteiger partial charge in [0.2, 0.25) is 5.91 Å². The summed E-state index contributed by atoms with van der Waals surface area (Å²) in [5, 5.41) is 11.0. The fraction of sp³-hybridized carbons (Fsp3) is 0.750. The predicted molar refractivity (Wildman–Crippen MR) is 44.6 cm³/mol. The van der Waals surface area contributed by atoms with E-state index in [9.17, 15) is 9.59 Å². The Morgan fingerprint density at radius 3 is 2.17 bits per heavy atom. The number of carbonyl (C=O) groups is 2. The van der Waals surface area contributed by atoms with Crippen LogP contribution in [0.2, 0.25) is 0 Å². The molecule has 4 nitrogen and oxygen atoms in total. The number of rotatable bonds is 4. The van der Waals surface area contributed by atoms with Gasteiger partial charge in [-0.1, -0.05) is 20.8 Å². The Morgan fingerprint density at radius 2 is 1.83 bits per heavy atom. The van der Waals surface area contributed by atoms with Gasteiger partial charge in [-0.2, -0.15) is 0 Å². The van der Waals surface area contributed by atoms with Crippen molar-refractivity contribution in [1.82, 2.24) is 5.32 Å². The van der Waals surface area contributed by atoms with Crippen molar-refractivity contribution in [2.24, 2.45) is 11.8 Å². The lowest BCUT2D eigenvalue weighted by molar-refractivity contribution is -0.141. The topological polar surface area (TPSA) is 66.4 Å². The van der Waals surface area contributed by atoms with Crippen molar-refractivity contribution >= 4 is 11.9 Å². The van der Waals surface area contributed by atoms with Crippen molar-refractivity contribution in [2.45, 2.75) is 20.8 Å². The largest absolute Gasteiger partial charge is 0.481 e. The third-order valence-electron chi connectivity index (χ3n) is 1.53. The van der Waals surface area contributed by atoms with Gasteiger partial charge in [0, 0.05) is 12.5 Å². The highest BCUT2D eigenvalue weighted by Gasteiger charge is 2.13. The second-order valence-corrected chi connectivity index (χ2v) is 3.14. The molecule has 0 fully saturated rings. The summed E-state index contributed by atoms with van der Waals surface area (Å²) in [6, 6.07) is 0. The molecule has 0 saturated carbocycles. The molecule has 1 unspecified atom stereocenters. The molecule has 0 aromatic heterocycles. The van der Waals surface area contributed by atoms with Gasteiger partial charge in [0.1, 0.15) is 0 Å². The lowest BCUT2D eigenvalue weighted by Crippen LogP contribution is -2.33. The quantitative estimate of drug-likeness (QED) is 0.649. The van der Waals surface area contributed by atoms with Crippen LogP contribution in [0, 0.1) is 11.8 Å². The smallest absolute Gasteiger partial charge is 0.308 e. The van der Waals surface area contributed by atoms with Crippen LogP contribution in [0.15, 0.2) is 0 Å². The molecular weight excluding hydrogens is 158 g/mol. The van der Waals surface area contributed by atoms with E-state index in [4.69, 9.17) is 5.11 Å². The average molecular weight is 173 g/mol. The molecule has 0 spiro atoms. The first kappa shape index (κ1) is 10.9. The Labute approximate surface area is 72.0 Å². The van der Waals surface area contributed by atoms with Crippen LogP contribution in [-0.4, -0.2) is 23.5 Å². The predicted octanol–water partition coefficient (Wildman–Crippen LogP) is 0.479. The number of hydrogen-bond acceptors (Lipinski definition) is 2. The molecule has 0 bridgehead atoms. The maximum absolute atomic E-state index is 11.0. The molecule has 0 radical (unpaired) electrons. The second-order valence-electron chi connectivity index (χ2n) is 3.14. The zero-order valence-corrected chi connectivity index (χ0v) is 7.63. The number of aliphatic carboxylic acids is 1. The van der Waals surface area contributed by atoms with Crippen molar-refractivity contribution in [3.05, 3.63) is 0 Å². The minimum Gasteiger partial charge on any atom is -0.481 e. The monoisotopic (exact) mass is 173 g/mol. The van der Waals surface area contributed by atoms with E-state index in [-0.39, 0.29) is 18.4 Å². The number of hydrogen-bond donors (Lipinski definition) is 2. The highest BCUT2D eigenvalue weighted by molar-refractivity contribution is 5.78. The summed E-state index contributed by atoms with van der Waals surface area (Å²) < 4.78 is 0. The number of nitrogens with one attached hydrogen (secondary N) is 1. The van der Waals surface area contributed by atoms with Crippen LogP contribution in [0.5, 0.6) is 0 Å². The summed E-state index contributed by atoms with van der Waals surface area (Å²) in [6.45, 7) is 5.29. The van der Waals surface area contributed by atoms with Gasteiger partial charge in [0.25, 0.3) is 0 Å². The molecule has 70 valence electrons. The Hall–Kier alpha value is -1.06. The lowest BCUT2D eigenvalue weighted by Gasteiger charge is -2.09. The van der Waals surface area contributed by atoms with Crippen LogP contribution >= 0.6 is 0 Å². The number of carboxylic acid groups (broad SMARTS) is 1. The fourth-order valence-corrected chi connectivity index (χ4v) is 0.545. The van der Waals surface area contributed by atoms with Gasteiger partial charge in [0.05, 0.1) is 5.92 Å². The third-order valence-corrected chi connectivity index (χ3v) is 1.53. The molecule has 2 N–H and O–H groups in total. The van der Waals surface area contributed by atoms with Crippen LogP contribution in [0.4, 0.5) is 0 Å². The molecule has 0 aliphatic heterocycles. The van der Waals surface area contributed by atoms with Crippen molar-refractivity contribution in [3.8, 4) is 0 Å².